The second-order valence-corrected chi connectivity index (χ2v) is 7.77. The number of aryl methyl sites for hydroxylation is 1. The standard InChI is InChI=1S/C23H31FN4O3/c1-8-18(10-9-14(4)24)15(5)21-19(30-22(27-21)13(2)3)11-12-20(29)25-16(6)23-26-17(7)28-31-23/h8,11-13,16,19,21H,4-5,9-10H2,1-3,6-7H3,(H,25,29)/b12-11+,18-8+/t16-,19?,21?/m1/s1. The topological polar surface area (TPSA) is 89.6 Å². The summed E-state index contributed by atoms with van der Waals surface area (Å²) in [5.41, 5.74) is 1.63. The molecule has 1 aromatic rings. The maximum atomic E-state index is 13.1. The van der Waals surface area contributed by atoms with Crippen LogP contribution in [0, 0.1) is 12.8 Å². The van der Waals surface area contributed by atoms with Crippen molar-refractivity contribution in [3.8, 4) is 0 Å². The first-order valence-corrected chi connectivity index (χ1v) is 10.3. The van der Waals surface area contributed by atoms with E-state index in [2.05, 4.69) is 33.6 Å². The minimum atomic E-state index is -0.486. The van der Waals surface area contributed by atoms with Gasteiger partial charge in [-0.25, -0.2) is 9.38 Å². The van der Waals surface area contributed by atoms with Gasteiger partial charge in [-0.15, -0.1) is 0 Å². The summed E-state index contributed by atoms with van der Waals surface area (Å²) in [6.45, 7) is 16.8. The highest BCUT2D eigenvalue weighted by Gasteiger charge is 2.33. The van der Waals surface area contributed by atoms with E-state index in [9.17, 15) is 9.18 Å². The molecule has 0 aromatic carbocycles. The van der Waals surface area contributed by atoms with E-state index in [-0.39, 0.29) is 24.1 Å². The average Bonchev–Trinajstić information content (AvgIpc) is 3.33. The lowest BCUT2D eigenvalue weighted by atomic mass is 9.93. The van der Waals surface area contributed by atoms with Crippen molar-refractivity contribution in [2.45, 2.75) is 65.6 Å². The van der Waals surface area contributed by atoms with Gasteiger partial charge in [0, 0.05) is 18.4 Å². The van der Waals surface area contributed by atoms with E-state index in [0.717, 1.165) is 11.1 Å². The van der Waals surface area contributed by atoms with E-state index in [1.54, 1.807) is 19.9 Å². The average molecular weight is 431 g/mol. The minimum absolute atomic E-state index is 0.0861. The molecule has 1 N–H and O–H groups in total. The molecule has 0 radical (unpaired) electrons. The number of allylic oxidation sites excluding steroid dienone is 2. The molecule has 2 unspecified atom stereocenters. The highest BCUT2D eigenvalue weighted by molar-refractivity contribution is 5.88. The number of hydrogen-bond acceptors (Lipinski definition) is 6. The van der Waals surface area contributed by atoms with Gasteiger partial charge < -0.3 is 14.6 Å². The molecule has 2 heterocycles. The fraction of sp³-hybridized carbons (Fsp3) is 0.478. The number of carbonyl (C=O) groups is 1. The Kier molecular flexibility index (Phi) is 8.47. The number of amides is 1. The van der Waals surface area contributed by atoms with Gasteiger partial charge in [0.1, 0.15) is 18.2 Å². The smallest absolute Gasteiger partial charge is 0.248 e. The lowest BCUT2D eigenvalue weighted by molar-refractivity contribution is -0.117. The van der Waals surface area contributed by atoms with Crippen molar-refractivity contribution in [2.75, 3.05) is 0 Å². The van der Waals surface area contributed by atoms with Crippen LogP contribution in [-0.2, 0) is 9.53 Å². The minimum Gasteiger partial charge on any atom is -0.471 e. The molecular formula is C23H31FN4O3. The normalized spacial score (nSPS) is 20.0. The van der Waals surface area contributed by atoms with E-state index < -0.39 is 18.2 Å². The Morgan fingerprint density at radius 1 is 1.29 bits per heavy atom. The van der Waals surface area contributed by atoms with Crippen molar-refractivity contribution >= 4 is 11.8 Å². The van der Waals surface area contributed by atoms with Crippen molar-refractivity contribution in [1.82, 2.24) is 15.5 Å². The Labute approximate surface area is 182 Å². The summed E-state index contributed by atoms with van der Waals surface area (Å²) in [6.07, 6.45) is 5.18. The van der Waals surface area contributed by atoms with Crippen LogP contribution in [0.1, 0.15) is 58.3 Å². The number of aromatic nitrogens is 2. The monoisotopic (exact) mass is 430 g/mol. The van der Waals surface area contributed by atoms with Crippen LogP contribution in [-0.4, -0.2) is 34.1 Å². The Balaban J connectivity index is 2.10. The maximum absolute atomic E-state index is 13.1. The molecule has 0 saturated carbocycles. The molecule has 2 rings (SSSR count). The number of rotatable bonds is 10. The Hall–Kier alpha value is -3.03. The molecule has 1 aliphatic rings. The van der Waals surface area contributed by atoms with Crippen LogP contribution in [0.2, 0.25) is 0 Å². The van der Waals surface area contributed by atoms with Gasteiger partial charge in [-0.3, -0.25) is 4.79 Å². The van der Waals surface area contributed by atoms with Gasteiger partial charge in [0.2, 0.25) is 11.8 Å². The second kappa shape index (κ2) is 10.8. The van der Waals surface area contributed by atoms with Gasteiger partial charge >= 0.3 is 0 Å². The molecule has 8 heteroatoms. The third-order valence-corrected chi connectivity index (χ3v) is 4.82. The number of nitrogens with zero attached hydrogens (tertiary/aromatic N) is 3. The first-order valence-electron chi connectivity index (χ1n) is 10.3. The third-order valence-electron chi connectivity index (χ3n) is 4.82. The molecule has 3 atom stereocenters. The summed E-state index contributed by atoms with van der Waals surface area (Å²) >= 11 is 0. The summed E-state index contributed by atoms with van der Waals surface area (Å²) in [5.74, 6) is 0.820. The molecular weight excluding hydrogens is 399 g/mol. The largest absolute Gasteiger partial charge is 0.471 e. The number of ether oxygens (including phenoxy) is 1. The van der Waals surface area contributed by atoms with Crippen LogP contribution in [0.3, 0.4) is 0 Å². The predicted molar refractivity (Wildman–Crippen MR) is 118 cm³/mol. The number of nitrogens with one attached hydrogen (secondary N) is 1. The van der Waals surface area contributed by atoms with Crippen LogP contribution in [0.15, 0.2) is 57.9 Å². The van der Waals surface area contributed by atoms with Crippen LogP contribution in [0.5, 0.6) is 0 Å². The summed E-state index contributed by atoms with van der Waals surface area (Å²) in [6, 6.07) is -0.823. The summed E-state index contributed by atoms with van der Waals surface area (Å²) in [7, 11) is 0. The van der Waals surface area contributed by atoms with Gasteiger partial charge in [-0.05, 0) is 44.4 Å². The van der Waals surface area contributed by atoms with Gasteiger partial charge in [0.15, 0.2) is 11.7 Å². The van der Waals surface area contributed by atoms with Crippen molar-refractivity contribution in [1.29, 1.82) is 0 Å². The second-order valence-electron chi connectivity index (χ2n) is 7.77. The van der Waals surface area contributed by atoms with E-state index in [1.165, 1.54) is 6.08 Å². The van der Waals surface area contributed by atoms with Crippen molar-refractivity contribution in [2.24, 2.45) is 10.9 Å². The zero-order valence-corrected chi connectivity index (χ0v) is 18.8. The molecule has 0 fully saturated rings. The quantitative estimate of drug-likeness (QED) is 0.429. The number of hydrogen-bond donors (Lipinski definition) is 1. The highest BCUT2D eigenvalue weighted by atomic mass is 19.1. The van der Waals surface area contributed by atoms with E-state index in [0.29, 0.717) is 24.0 Å². The lowest BCUT2D eigenvalue weighted by Crippen LogP contribution is -2.27. The molecule has 0 saturated heterocycles. The molecule has 1 amide bonds. The highest BCUT2D eigenvalue weighted by Crippen LogP contribution is 2.30. The zero-order valence-electron chi connectivity index (χ0n) is 18.8. The first-order chi connectivity index (χ1) is 14.6. The van der Waals surface area contributed by atoms with E-state index in [1.807, 2.05) is 26.8 Å². The van der Waals surface area contributed by atoms with Gasteiger partial charge in [0.25, 0.3) is 0 Å². The van der Waals surface area contributed by atoms with Crippen molar-refractivity contribution < 1.29 is 18.4 Å². The molecule has 31 heavy (non-hydrogen) atoms. The summed E-state index contributed by atoms with van der Waals surface area (Å²) in [4.78, 5) is 21.2. The van der Waals surface area contributed by atoms with Gasteiger partial charge in [-0.2, -0.15) is 4.98 Å². The lowest BCUT2D eigenvalue weighted by Gasteiger charge is -2.19. The Morgan fingerprint density at radius 2 is 2.00 bits per heavy atom. The fourth-order valence-electron chi connectivity index (χ4n) is 3.10. The molecule has 7 nitrogen and oxygen atoms in total. The fourth-order valence-corrected chi connectivity index (χ4v) is 3.10. The third kappa shape index (κ3) is 6.73. The van der Waals surface area contributed by atoms with Crippen molar-refractivity contribution in [3.05, 3.63) is 60.1 Å². The Bertz CT molecular complexity index is 914. The summed E-state index contributed by atoms with van der Waals surface area (Å²) in [5, 5.41) is 6.50. The van der Waals surface area contributed by atoms with E-state index >= 15 is 0 Å². The van der Waals surface area contributed by atoms with Crippen LogP contribution >= 0.6 is 0 Å². The van der Waals surface area contributed by atoms with Crippen LogP contribution in [0.4, 0.5) is 4.39 Å². The maximum Gasteiger partial charge on any atom is 0.248 e. The summed E-state index contributed by atoms with van der Waals surface area (Å²) < 4.78 is 24.2. The molecule has 1 aliphatic heterocycles. The first kappa shape index (κ1) is 24.2. The van der Waals surface area contributed by atoms with Gasteiger partial charge in [-0.1, -0.05) is 38.2 Å². The predicted octanol–water partition coefficient (Wildman–Crippen LogP) is 4.70. The molecule has 168 valence electrons. The number of halogens is 1. The molecule has 1 aromatic heterocycles. The van der Waals surface area contributed by atoms with Crippen molar-refractivity contribution in [3.63, 3.8) is 0 Å². The molecule has 0 aliphatic carbocycles. The van der Waals surface area contributed by atoms with Crippen LogP contribution < -0.4 is 5.32 Å². The number of carbonyl (C=O) groups excluding carboxylic acids is 1. The zero-order chi connectivity index (χ0) is 23.1. The SMILES string of the molecule is C=C(F)CC/C(=C\C)C(=C)C1N=C(C(C)C)OC1/C=C/C(=O)N[C@H](C)c1nc(C)no1. The van der Waals surface area contributed by atoms with Crippen LogP contribution in [0.25, 0.3) is 0 Å². The van der Waals surface area contributed by atoms with E-state index in [4.69, 9.17) is 9.26 Å². The Morgan fingerprint density at radius 3 is 2.55 bits per heavy atom. The molecule has 0 bridgehead atoms. The number of aliphatic imine (C=N–C) groups is 1. The van der Waals surface area contributed by atoms with Gasteiger partial charge in [0.05, 0.1) is 5.83 Å². The molecule has 0 spiro atoms.